The Bertz CT molecular complexity index is 317. The van der Waals surface area contributed by atoms with Crippen molar-refractivity contribution in [3.8, 4) is 6.07 Å². The Labute approximate surface area is 79.9 Å². The molecule has 0 saturated carbocycles. The third kappa shape index (κ3) is 1.84. The Morgan fingerprint density at radius 2 is 2.33 bits per heavy atom. The fourth-order valence-electron chi connectivity index (χ4n) is 0.933. The van der Waals surface area contributed by atoms with Crippen molar-refractivity contribution in [2.75, 3.05) is 7.11 Å². The lowest BCUT2D eigenvalue weighted by atomic mass is 10.1. The lowest BCUT2D eigenvalue weighted by molar-refractivity contribution is 0.184. The van der Waals surface area contributed by atoms with Gasteiger partial charge in [0.15, 0.2) is 0 Å². The van der Waals surface area contributed by atoms with Crippen LogP contribution in [0.4, 0.5) is 0 Å². The van der Waals surface area contributed by atoms with E-state index in [1.54, 1.807) is 13.2 Å². The van der Waals surface area contributed by atoms with E-state index in [2.05, 4.69) is 22.0 Å². The second kappa shape index (κ2) is 4.24. The molecule has 12 heavy (non-hydrogen) atoms. The molecule has 0 aromatic heterocycles. The van der Waals surface area contributed by atoms with Gasteiger partial charge < -0.3 is 4.74 Å². The molecule has 3 heteroatoms. The summed E-state index contributed by atoms with van der Waals surface area (Å²) in [6.07, 6.45) is 0. The molecule has 0 atom stereocenters. The molecule has 0 spiro atoms. The maximum atomic E-state index is 8.69. The van der Waals surface area contributed by atoms with E-state index in [9.17, 15) is 0 Å². The number of ether oxygens (including phenoxy) is 1. The summed E-state index contributed by atoms with van der Waals surface area (Å²) in [7, 11) is 1.63. The van der Waals surface area contributed by atoms with Crippen LogP contribution >= 0.6 is 15.9 Å². The van der Waals surface area contributed by atoms with E-state index < -0.39 is 0 Å². The van der Waals surface area contributed by atoms with Crippen molar-refractivity contribution >= 4 is 15.9 Å². The van der Waals surface area contributed by atoms with E-state index in [4.69, 9.17) is 10.00 Å². The topological polar surface area (TPSA) is 33.0 Å². The van der Waals surface area contributed by atoms with E-state index >= 15 is 0 Å². The first kappa shape index (κ1) is 9.24. The first-order chi connectivity index (χ1) is 5.79. The highest BCUT2D eigenvalue weighted by Gasteiger charge is 2.03. The number of hydrogen-bond donors (Lipinski definition) is 0. The summed E-state index contributed by atoms with van der Waals surface area (Å²) in [6, 6.07) is 7.63. The highest BCUT2D eigenvalue weighted by Crippen LogP contribution is 2.21. The van der Waals surface area contributed by atoms with Gasteiger partial charge in [-0.05, 0) is 27.6 Å². The SMILES string of the molecule is COCc1cccc(C#N)c1Br. The van der Waals surface area contributed by atoms with Crippen LogP contribution in [0.3, 0.4) is 0 Å². The molecule has 1 aromatic rings. The van der Waals surface area contributed by atoms with E-state index in [-0.39, 0.29) is 0 Å². The Morgan fingerprint density at radius 3 is 2.92 bits per heavy atom. The second-order valence-corrected chi connectivity index (χ2v) is 3.12. The van der Waals surface area contributed by atoms with Crippen LogP contribution in [-0.2, 0) is 11.3 Å². The van der Waals surface area contributed by atoms with Gasteiger partial charge in [0.25, 0.3) is 0 Å². The smallest absolute Gasteiger partial charge is 0.100 e. The van der Waals surface area contributed by atoms with Crippen molar-refractivity contribution in [3.63, 3.8) is 0 Å². The van der Waals surface area contributed by atoms with Crippen molar-refractivity contribution in [2.24, 2.45) is 0 Å². The lowest BCUT2D eigenvalue weighted by Crippen LogP contribution is -1.90. The van der Waals surface area contributed by atoms with Crippen molar-refractivity contribution in [2.45, 2.75) is 6.61 Å². The van der Waals surface area contributed by atoms with Gasteiger partial charge in [-0.25, -0.2) is 0 Å². The average molecular weight is 226 g/mol. The van der Waals surface area contributed by atoms with Crippen molar-refractivity contribution < 1.29 is 4.74 Å². The highest BCUT2D eigenvalue weighted by atomic mass is 79.9. The first-order valence-corrected chi connectivity index (χ1v) is 4.25. The predicted molar refractivity (Wildman–Crippen MR) is 49.6 cm³/mol. The largest absolute Gasteiger partial charge is 0.380 e. The average Bonchev–Trinajstić information content (AvgIpc) is 2.09. The van der Waals surface area contributed by atoms with Gasteiger partial charge in [0.05, 0.1) is 12.2 Å². The van der Waals surface area contributed by atoms with E-state index in [1.807, 2.05) is 12.1 Å². The minimum Gasteiger partial charge on any atom is -0.380 e. The van der Waals surface area contributed by atoms with E-state index in [0.29, 0.717) is 12.2 Å². The quantitative estimate of drug-likeness (QED) is 0.775. The Hall–Kier alpha value is -0.850. The molecular weight excluding hydrogens is 218 g/mol. The number of rotatable bonds is 2. The number of benzene rings is 1. The minimum atomic E-state index is 0.524. The van der Waals surface area contributed by atoms with Gasteiger partial charge in [0.1, 0.15) is 6.07 Å². The highest BCUT2D eigenvalue weighted by molar-refractivity contribution is 9.10. The monoisotopic (exact) mass is 225 g/mol. The number of hydrogen-bond acceptors (Lipinski definition) is 2. The summed E-state index contributed by atoms with van der Waals surface area (Å²) in [5, 5.41) is 8.69. The Balaban J connectivity index is 3.07. The van der Waals surface area contributed by atoms with Crippen LogP contribution in [0.1, 0.15) is 11.1 Å². The van der Waals surface area contributed by atoms with Gasteiger partial charge in [-0.15, -0.1) is 0 Å². The molecule has 0 aliphatic heterocycles. The summed E-state index contributed by atoms with van der Waals surface area (Å²) in [6.45, 7) is 0.524. The van der Waals surface area contributed by atoms with Crippen LogP contribution in [0.25, 0.3) is 0 Å². The van der Waals surface area contributed by atoms with Gasteiger partial charge in [0.2, 0.25) is 0 Å². The standard InChI is InChI=1S/C9H8BrNO/c1-12-6-8-4-2-3-7(5-11)9(8)10/h2-4H,6H2,1H3. The third-order valence-corrected chi connectivity index (χ3v) is 2.44. The van der Waals surface area contributed by atoms with Crippen LogP contribution in [0.2, 0.25) is 0 Å². The number of nitrogens with zero attached hydrogens (tertiary/aromatic N) is 1. The fraction of sp³-hybridized carbons (Fsp3) is 0.222. The van der Waals surface area contributed by atoms with Gasteiger partial charge in [-0.1, -0.05) is 12.1 Å². The fourth-order valence-corrected chi connectivity index (χ4v) is 1.40. The molecule has 0 heterocycles. The summed E-state index contributed by atoms with van der Waals surface area (Å²) < 4.78 is 5.80. The van der Waals surface area contributed by atoms with Crippen molar-refractivity contribution in [3.05, 3.63) is 33.8 Å². The molecule has 0 bridgehead atoms. The molecule has 0 aliphatic rings. The molecular formula is C9H8BrNO. The minimum absolute atomic E-state index is 0.524. The molecule has 0 amide bonds. The molecule has 1 aromatic carbocycles. The molecule has 0 radical (unpaired) electrons. The third-order valence-electron chi connectivity index (χ3n) is 1.50. The van der Waals surface area contributed by atoms with Crippen LogP contribution in [-0.4, -0.2) is 7.11 Å². The predicted octanol–water partition coefficient (Wildman–Crippen LogP) is 2.47. The number of halogens is 1. The number of methoxy groups -OCH3 is 1. The Kier molecular flexibility index (Phi) is 3.27. The summed E-state index contributed by atoms with van der Waals surface area (Å²) in [5.41, 5.74) is 1.64. The zero-order valence-corrected chi connectivity index (χ0v) is 8.26. The first-order valence-electron chi connectivity index (χ1n) is 3.46. The zero-order valence-electron chi connectivity index (χ0n) is 6.67. The maximum absolute atomic E-state index is 8.69. The van der Waals surface area contributed by atoms with E-state index in [0.717, 1.165) is 10.0 Å². The molecule has 2 nitrogen and oxygen atoms in total. The zero-order chi connectivity index (χ0) is 8.97. The molecule has 0 fully saturated rings. The van der Waals surface area contributed by atoms with Gasteiger partial charge in [-0.2, -0.15) is 5.26 Å². The Morgan fingerprint density at radius 1 is 1.58 bits per heavy atom. The molecule has 1 rings (SSSR count). The van der Waals surface area contributed by atoms with Crippen LogP contribution in [0.15, 0.2) is 22.7 Å². The molecule has 62 valence electrons. The normalized spacial score (nSPS) is 9.42. The summed E-state index contributed by atoms with van der Waals surface area (Å²) >= 11 is 3.34. The molecule has 0 aliphatic carbocycles. The van der Waals surface area contributed by atoms with Crippen LogP contribution in [0.5, 0.6) is 0 Å². The van der Waals surface area contributed by atoms with Crippen molar-refractivity contribution in [1.29, 1.82) is 5.26 Å². The second-order valence-electron chi connectivity index (χ2n) is 2.32. The summed E-state index contributed by atoms with van der Waals surface area (Å²) in [5.74, 6) is 0. The van der Waals surface area contributed by atoms with Crippen LogP contribution in [0, 0.1) is 11.3 Å². The number of nitriles is 1. The lowest BCUT2D eigenvalue weighted by Gasteiger charge is -2.03. The van der Waals surface area contributed by atoms with Gasteiger partial charge in [0, 0.05) is 11.6 Å². The van der Waals surface area contributed by atoms with Gasteiger partial charge >= 0.3 is 0 Å². The molecule has 0 saturated heterocycles. The summed E-state index contributed by atoms with van der Waals surface area (Å²) in [4.78, 5) is 0. The molecule has 0 N–H and O–H groups in total. The van der Waals surface area contributed by atoms with Crippen molar-refractivity contribution in [1.82, 2.24) is 0 Å². The van der Waals surface area contributed by atoms with Gasteiger partial charge in [-0.3, -0.25) is 0 Å². The maximum Gasteiger partial charge on any atom is 0.100 e. The van der Waals surface area contributed by atoms with E-state index in [1.165, 1.54) is 0 Å². The molecule has 0 unspecified atom stereocenters. The van der Waals surface area contributed by atoms with Crippen LogP contribution < -0.4 is 0 Å².